The highest BCUT2D eigenvalue weighted by atomic mass is 127. The molecule has 0 spiro atoms. The molecule has 7 nitrogen and oxygen atoms in total. The second-order valence-electron chi connectivity index (χ2n) is 6.46. The third-order valence-electron chi connectivity index (χ3n) is 4.31. The van der Waals surface area contributed by atoms with E-state index in [-0.39, 0.29) is 24.0 Å². The number of aromatic nitrogens is 3. The molecule has 0 bridgehead atoms. The minimum atomic E-state index is -0.979. The van der Waals surface area contributed by atoms with Crippen molar-refractivity contribution in [3.8, 4) is 0 Å². The molecule has 152 valence electrons. The van der Waals surface area contributed by atoms with Gasteiger partial charge in [0.05, 0.1) is 13.1 Å². The molecule has 0 aliphatic rings. The summed E-state index contributed by atoms with van der Waals surface area (Å²) in [6, 6.07) is 6.03. The first-order chi connectivity index (χ1) is 13.0. The van der Waals surface area contributed by atoms with E-state index in [1.54, 1.807) is 29.6 Å². The predicted octanol–water partition coefficient (Wildman–Crippen LogP) is 3.01. The van der Waals surface area contributed by atoms with Crippen LogP contribution in [0.5, 0.6) is 0 Å². The van der Waals surface area contributed by atoms with E-state index in [9.17, 15) is 5.11 Å². The highest BCUT2D eigenvalue weighted by Gasteiger charge is 2.23. The first kappa shape index (κ1) is 22.8. The number of guanidine groups is 1. The van der Waals surface area contributed by atoms with Gasteiger partial charge in [0.2, 0.25) is 0 Å². The second kappa shape index (κ2) is 10.3. The van der Waals surface area contributed by atoms with Gasteiger partial charge in [0, 0.05) is 11.9 Å². The molecule has 0 aliphatic heterocycles. The fourth-order valence-corrected chi connectivity index (χ4v) is 3.85. The second-order valence-corrected chi connectivity index (χ2v) is 8.27. The molecule has 0 radical (unpaired) electrons. The fourth-order valence-electron chi connectivity index (χ4n) is 2.43. The molecule has 0 saturated carbocycles. The summed E-state index contributed by atoms with van der Waals surface area (Å²) in [6.07, 6.45) is 0. The quantitative estimate of drug-likeness (QED) is 0.248. The van der Waals surface area contributed by atoms with Gasteiger partial charge in [0.1, 0.15) is 18.0 Å². The average molecular weight is 532 g/mol. The van der Waals surface area contributed by atoms with E-state index in [0.29, 0.717) is 25.6 Å². The number of halogens is 1. The van der Waals surface area contributed by atoms with Crippen LogP contribution in [0.15, 0.2) is 39.3 Å². The number of hydrogen-bond donors (Lipinski definition) is 3. The number of hydrogen-bond acceptors (Lipinski definition) is 6. The lowest BCUT2D eigenvalue weighted by Gasteiger charge is -2.24. The molecule has 3 heterocycles. The van der Waals surface area contributed by atoms with Crippen LogP contribution in [0.2, 0.25) is 0 Å². The minimum Gasteiger partial charge on any atom is -0.384 e. The highest BCUT2D eigenvalue weighted by molar-refractivity contribution is 14.0. The van der Waals surface area contributed by atoms with Gasteiger partial charge in [0.25, 0.3) is 0 Å². The standard InChI is InChI=1S/C18H24N6OS2.HI/c1-13-22-23-16(24(13)3)10-20-17(19-9-15-5-4-7-27-15)21-12-18(2,25)14-6-8-26-11-14;/h4-8,11,25H,9-10,12H2,1-3H3,(H2,19,20,21);1H. The Morgan fingerprint density at radius 3 is 2.71 bits per heavy atom. The molecule has 0 aliphatic carbocycles. The monoisotopic (exact) mass is 532 g/mol. The van der Waals surface area contributed by atoms with Crippen molar-refractivity contribution >= 4 is 52.6 Å². The molecule has 3 aromatic heterocycles. The van der Waals surface area contributed by atoms with Gasteiger partial charge >= 0.3 is 0 Å². The molecule has 0 saturated heterocycles. The summed E-state index contributed by atoms with van der Waals surface area (Å²) >= 11 is 3.26. The zero-order valence-corrected chi connectivity index (χ0v) is 20.0. The lowest BCUT2D eigenvalue weighted by atomic mass is 9.99. The molecule has 1 atom stereocenters. The molecule has 28 heavy (non-hydrogen) atoms. The van der Waals surface area contributed by atoms with Gasteiger partial charge in [-0.15, -0.1) is 45.5 Å². The fraction of sp³-hybridized carbons (Fsp3) is 0.389. The van der Waals surface area contributed by atoms with Crippen molar-refractivity contribution in [1.82, 2.24) is 25.4 Å². The molecule has 0 amide bonds. The van der Waals surface area contributed by atoms with E-state index in [1.165, 1.54) is 4.88 Å². The zero-order chi connectivity index (χ0) is 19.3. The van der Waals surface area contributed by atoms with Gasteiger partial charge < -0.3 is 20.3 Å². The first-order valence-corrected chi connectivity index (χ1v) is 10.4. The van der Waals surface area contributed by atoms with Crippen LogP contribution in [0.1, 0.15) is 29.0 Å². The van der Waals surface area contributed by atoms with Crippen LogP contribution < -0.4 is 10.6 Å². The number of aryl methyl sites for hydroxylation is 1. The van der Waals surface area contributed by atoms with Crippen molar-refractivity contribution in [2.75, 3.05) is 6.54 Å². The normalized spacial score (nSPS) is 13.6. The Labute approximate surface area is 190 Å². The lowest BCUT2D eigenvalue weighted by molar-refractivity contribution is 0.0621. The Kier molecular flexibility index (Phi) is 8.40. The maximum absolute atomic E-state index is 10.7. The maximum Gasteiger partial charge on any atom is 0.192 e. The number of rotatable bonds is 7. The predicted molar refractivity (Wildman–Crippen MR) is 125 cm³/mol. The summed E-state index contributed by atoms with van der Waals surface area (Å²) in [4.78, 5) is 5.83. The van der Waals surface area contributed by atoms with E-state index in [4.69, 9.17) is 0 Å². The molecular weight excluding hydrogens is 507 g/mol. The highest BCUT2D eigenvalue weighted by Crippen LogP contribution is 2.22. The lowest BCUT2D eigenvalue weighted by Crippen LogP contribution is -2.44. The van der Waals surface area contributed by atoms with E-state index in [2.05, 4.69) is 31.9 Å². The Bertz CT molecular complexity index is 874. The van der Waals surface area contributed by atoms with E-state index < -0.39 is 5.60 Å². The summed E-state index contributed by atoms with van der Waals surface area (Å²) in [7, 11) is 1.92. The summed E-state index contributed by atoms with van der Waals surface area (Å²) in [5.74, 6) is 2.26. The van der Waals surface area contributed by atoms with Crippen LogP contribution in [0.25, 0.3) is 0 Å². The molecule has 3 N–H and O–H groups in total. The number of aliphatic hydroxyl groups is 1. The number of thiophene rings is 2. The van der Waals surface area contributed by atoms with E-state index in [0.717, 1.165) is 17.2 Å². The minimum absolute atomic E-state index is 0. The van der Waals surface area contributed by atoms with Crippen molar-refractivity contribution < 1.29 is 5.11 Å². The topological polar surface area (TPSA) is 87.4 Å². The zero-order valence-electron chi connectivity index (χ0n) is 16.0. The van der Waals surface area contributed by atoms with Crippen LogP contribution in [-0.2, 0) is 25.7 Å². The van der Waals surface area contributed by atoms with Crippen molar-refractivity contribution in [3.63, 3.8) is 0 Å². The van der Waals surface area contributed by atoms with Gasteiger partial charge in [-0.1, -0.05) is 6.07 Å². The first-order valence-electron chi connectivity index (χ1n) is 8.60. The average Bonchev–Trinajstić information content (AvgIpc) is 3.40. The van der Waals surface area contributed by atoms with Crippen LogP contribution in [-0.4, -0.2) is 32.4 Å². The molecule has 0 aromatic carbocycles. The number of nitrogens with one attached hydrogen (secondary N) is 2. The summed E-state index contributed by atoms with van der Waals surface area (Å²) < 4.78 is 1.92. The molecule has 3 rings (SSSR count). The van der Waals surface area contributed by atoms with Crippen LogP contribution in [0.4, 0.5) is 0 Å². The van der Waals surface area contributed by atoms with Gasteiger partial charge in [-0.25, -0.2) is 4.99 Å². The van der Waals surface area contributed by atoms with E-state index >= 15 is 0 Å². The van der Waals surface area contributed by atoms with Gasteiger partial charge in [-0.3, -0.25) is 0 Å². The summed E-state index contributed by atoms with van der Waals surface area (Å²) in [6.45, 7) is 5.12. The van der Waals surface area contributed by atoms with Crippen molar-refractivity contribution in [2.45, 2.75) is 32.5 Å². The van der Waals surface area contributed by atoms with Crippen LogP contribution in [0.3, 0.4) is 0 Å². The Morgan fingerprint density at radius 1 is 1.29 bits per heavy atom. The Hall–Kier alpha value is -1.50. The molecule has 0 fully saturated rings. The third-order valence-corrected chi connectivity index (χ3v) is 5.87. The Morgan fingerprint density at radius 2 is 2.11 bits per heavy atom. The molecular formula is C18H25IN6OS2. The SMILES string of the molecule is Cc1nnc(CN=C(NCc2cccs2)NCC(C)(O)c2ccsc2)n1C.I. The smallest absolute Gasteiger partial charge is 0.192 e. The van der Waals surface area contributed by atoms with Crippen LogP contribution in [0, 0.1) is 6.92 Å². The Balaban J connectivity index is 0.00000280. The van der Waals surface area contributed by atoms with Gasteiger partial charge in [-0.2, -0.15) is 11.3 Å². The molecule has 3 aromatic rings. The molecule has 1 unspecified atom stereocenters. The summed E-state index contributed by atoms with van der Waals surface area (Å²) in [5.41, 5.74) is -0.0891. The van der Waals surface area contributed by atoms with Gasteiger partial charge in [-0.05, 0) is 47.7 Å². The summed E-state index contributed by atoms with van der Waals surface area (Å²) in [5, 5.41) is 31.5. The maximum atomic E-state index is 10.7. The van der Waals surface area contributed by atoms with Crippen molar-refractivity contribution in [1.29, 1.82) is 0 Å². The van der Waals surface area contributed by atoms with Gasteiger partial charge in [0.15, 0.2) is 11.8 Å². The largest absolute Gasteiger partial charge is 0.384 e. The van der Waals surface area contributed by atoms with Crippen molar-refractivity contribution in [2.24, 2.45) is 12.0 Å². The third kappa shape index (κ3) is 6.00. The van der Waals surface area contributed by atoms with Crippen molar-refractivity contribution in [3.05, 3.63) is 56.4 Å². The number of nitrogens with zero attached hydrogens (tertiary/aromatic N) is 4. The van der Waals surface area contributed by atoms with E-state index in [1.807, 2.05) is 46.8 Å². The van der Waals surface area contributed by atoms with Crippen LogP contribution >= 0.6 is 46.7 Å². The molecule has 10 heteroatoms. The number of aliphatic imine (C=N–C) groups is 1.